The highest BCUT2D eigenvalue weighted by Gasteiger charge is 2.23. The zero-order chi connectivity index (χ0) is 13.6. The van der Waals surface area contributed by atoms with E-state index in [2.05, 4.69) is 0 Å². The van der Waals surface area contributed by atoms with Crippen LogP contribution in [0.1, 0.15) is 30.9 Å². The van der Waals surface area contributed by atoms with Gasteiger partial charge in [0, 0.05) is 23.5 Å². The standard InChI is InChI=1S/C15H12F2S/c1-9-10-6-7-13(16)15(17)12(10)8-18-14-5-3-2-4-11(9)14/h2-7,9H,8H2,1H3/t9-/m0/s1/i9D. The van der Waals surface area contributed by atoms with Gasteiger partial charge < -0.3 is 0 Å². The number of halogens is 2. The van der Waals surface area contributed by atoms with Crippen LogP contribution < -0.4 is 0 Å². The van der Waals surface area contributed by atoms with E-state index in [1.807, 2.05) is 24.3 Å². The van der Waals surface area contributed by atoms with Crippen LogP contribution in [-0.2, 0) is 5.75 Å². The molecule has 1 heterocycles. The zero-order valence-corrected chi connectivity index (χ0v) is 10.7. The largest absolute Gasteiger partial charge is 0.204 e. The molecule has 0 saturated heterocycles. The number of hydrogen-bond acceptors (Lipinski definition) is 1. The van der Waals surface area contributed by atoms with Gasteiger partial charge in [-0.3, -0.25) is 0 Å². The number of rotatable bonds is 0. The van der Waals surface area contributed by atoms with Gasteiger partial charge in [0.1, 0.15) is 0 Å². The molecule has 2 aromatic carbocycles. The van der Waals surface area contributed by atoms with Crippen molar-refractivity contribution in [3.05, 3.63) is 64.7 Å². The minimum atomic E-state index is -1.07. The van der Waals surface area contributed by atoms with Gasteiger partial charge >= 0.3 is 0 Å². The van der Waals surface area contributed by atoms with Crippen LogP contribution in [0.2, 0.25) is 0 Å². The van der Waals surface area contributed by atoms with Crippen molar-refractivity contribution in [3.63, 3.8) is 0 Å². The van der Waals surface area contributed by atoms with Crippen molar-refractivity contribution in [2.24, 2.45) is 0 Å². The van der Waals surface area contributed by atoms with E-state index in [-0.39, 0.29) is 0 Å². The van der Waals surface area contributed by atoms with Gasteiger partial charge in [0.05, 0.1) is 0 Å². The van der Waals surface area contributed by atoms with Crippen molar-refractivity contribution < 1.29 is 10.2 Å². The molecule has 18 heavy (non-hydrogen) atoms. The molecule has 92 valence electrons. The zero-order valence-electron chi connectivity index (χ0n) is 10.8. The van der Waals surface area contributed by atoms with Crippen molar-refractivity contribution in [2.45, 2.75) is 23.5 Å². The molecule has 1 aliphatic rings. The van der Waals surface area contributed by atoms with Crippen molar-refractivity contribution in [3.8, 4) is 0 Å². The maximum Gasteiger partial charge on any atom is 0.163 e. The Hall–Kier alpha value is -1.35. The first kappa shape index (κ1) is 10.6. The normalized spacial score (nSPS) is 22.7. The molecule has 1 aliphatic heterocycles. The molecule has 0 spiro atoms. The van der Waals surface area contributed by atoms with Crippen LogP contribution in [0.3, 0.4) is 0 Å². The molecule has 0 unspecified atom stereocenters. The van der Waals surface area contributed by atoms with Gasteiger partial charge in [0.15, 0.2) is 11.6 Å². The summed E-state index contributed by atoms with van der Waals surface area (Å²) in [7, 11) is 0. The van der Waals surface area contributed by atoms with E-state index in [4.69, 9.17) is 1.37 Å². The molecule has 0 fully saturated rings. The summed E-state index contributed by atoms with van der Waals surface area (Å²) in [6.07, 6.45) is 0. The monoisotopic (exact) mass is 263 g/mol. The minimum Gasteiger partial charge on any atom is -0.204 e. The third kappa shape index (κ3) is 1.74. The number of thioether (sulfide) groups is 1. The van der Waals surface area contributed by atoms with E-state index in [9.17, 15) is 8.78 Å². The lowest BCUT2D eigenvalue weighted by molar-refractivity contribution is 0.500. The molecular formula is C15H12F2S. The van der Waals surface area contributed by atoms with Crippen LogP contribution in [0.25, 0.3) is 0 Å². The topological polar surface area (TPSA) is 0 Å². The fourth-order valence-electron chi connectivity index (χ4n) is 2.28. The second kappa shape index (κ2) is 4.39. The lowest BCUT2D eigenvalue weighted by Crippen LogP contribution is -2.02. The van der Waals surface area contributed by atoms with Gasteiger partial charge in [-0.05, 0) is 23.3 Å². The number of fused-ring (bicyclic) bond motifs is 2. The highest BCUT2D eigenvalue weighted by Crippen LogP contribution is 2.41. The predicted molar refractivity (Wildman–Crippen MR) is 69.9 cm³/mol. The fourth-order valence-corrected chi connectivity index (χ4v) is 3.42. The SMILES string of the molecule is [2H][C@@]1(C)c2ccccc2SCc2c1ccc(F)c2F. The summed E-state index contributed by atoms with van der Waals surface area (Å²) in [5, 5.41) is 0. The van der Waals surface area contributed by atoms with Crippen LogP contribution >= 0.6 is 11.8 Å². The highest BCUT2D eigenvalue weighted by molar-refractivity contribution is 7.98. The van der Waals surface area contributed by atoms with Crippen molar-refractivity contribution in [1.82, 2.24) is 0 Å². The molecule has 2 aromatic rings. The van der Waals surface area contributed by atoms with Gasteiger partial charge in [-0.1, -0.05) is 31.2 Å². The Morgan fingerprint density at radius 2 is 1.94 bits per heavy atom. The van der Waals surface area contributed by atoms with Crippen molar-refractivity contribution >= 4 is 11.8 Å². The van der Waals surface area contributed by atoms with Crippen molar-refractivity contribution in [1.29, 1.82) is 0 Å². The Morgan fingerprint density at radius 3 is 2.78 bits per heavy atom. The first-order chi connectivity index (χ1) is 9.01. The van der Waals surface area contributed by atoms with Gasteiger partial charge in [0.25, 0.3) is 0 Å². The lowest BCUT2D eigenvalue weighted by atomic mass is 9.90. The Labute approximate surface area is 110 Å². The molecule has 0 radical (unpaired) electrons. The third-order valence-corrected chi connectivity index (χ3v) is 4.36. The molecule has 0 aromatic heterocycles. The first-order valence-electron chi connectivity index (χ1n) is 6.21. The Kier molecular flexibility index (Phi) is 2.58. The average molecular weight is 263 g/mol. The summed E-state index contributed by atoms with van der Waals surface area (Å²) in [6, 6.07) is 10.2. The molecule has 1 atom stereocenters. The molecule has 0 saturated carbocycles. The minimum absolute atomic E-state index is 0.304. The van der Waals surface area contributed by atoms with Crippen LogP contribution in [-0.4, -0.2) is 0 Å². The first-order valence-corrected chi connectivity index (χ1v) is 6.70. The molecule has 0 amide bonds. The lowest BCUT2D eigenvalue weighted by Gasteiger charge is -2.15. The van der Waals surface area contributed by atoms with E-state index < -0.39 is 17.5 Å². The summed E-state index contributed by atoms with van der Waals surface area (Å²) in [4.78, 5) is 0.955. The summed E-state index contributed by atoms with van der Waals surface area (Å²) in [6.45, 7) is 1.73. The maximum atomic E-state index is 14.0. The van der Waals surface area contributed by atoms with Gasteiger partial charge in [0.2, 0.25) is 0 Å². The van der Waals surface area contributed by atoms with E-state index >= 15 is 0 Å². The number of hydrogen-bond donors (Lipinski definition) is 0. The van der Waals surface area contributed by atoms with Crippen LogP contribution in [0.15, 0.2) is 41.3 Å². The quantitative estimate of drug-likeness (QED) is 0.662. The van der Waals surface area contributed by atoms with E-state index in [1.165, 1.54) is 17.8 Å². The smallest absolute Gasteiger partial charge is 0.163 e. The highest BCUT2D eigenvalue weighted by atomic mass is 32.2. The van der Waals surface area contributed by atoms with Gasteiger partial charge in [-0.25, -0.2) is 8.78 Å². The molecular weight excluding hydrogens is 250 g/mol. The predicted octanol–water partition coefficient (Wildman–Crippen LogP) is 4.72. The molecule has 0 N–H and O–H groups in total. The van der Waals surface area contributed by atoms with E-state index in [0.29, 0.717) is 16.9 Å². The maximum absolute atomic E-state index is 14.0. The molecule has 3 rings (SSSR count). The fraction of sp³-hybridized carbons (Fsp3) is 0.200. The summed E-state index contributed by atoms with van der Waals surface area (Å²) >= 11 is 1.45. The Morgan fingerprint density at radius 1 is 1.17 bits per heavy atom. The van der Waals surface area contributed by atoms with Crippen LogP contribution in [0.5, 0.6) is 0 Å². The van der Waals surface area contributed by atoms with Crippen molar-refractivity contribution in [2.75, 3.05) is 0 Å². The Bertz CT molecular complexity index is 653. The molecule has 0 aliphatic carbocycles. The summed E-state index contributed by atoms with van der Waals surface area (Å²) < 4.78 is 35.9. The van der Waals surface area contributed by atoms with E-state index in [1.54, 1.807) is 6.92 Å². The van der Waals surface area contributed by atoms with Crippen LogP contribution in [0.4, 0.5) is 8.78 Å². The average Bonchev–Trinajstić information content (AvgIpc) is 2.50. The summed E-state index contributed by atoms with van der Waals surface area (Å²) in [5.74, 6) is -2.38. The van der Waals surface area contributed by atoms with Gasteiger partial charge in [-0.15, -0.1) is 11.8 Å². The third-order valence-electron chi connectivity index (χ3n) is 3.26. The Balaban J connectivity index is 2.29. The molecule has 0 nitrogen and oxygen atoms in total. The molecule has 3 heteroatoms. The van der Waals surface area contributed by atoms with Crippen LogP contribution in [0, 0.1) is 11.6 Å². The van der Waals surface area contributed by atoms with E-state index in [0.717, 1.165) is 16.5 Å². The second-order valence-electron chi connectivity index (χ2n) is 4.30. The summed E-state index contributed by atoms with van der Waals surface area (Å²) in [5.41, 5.74) is 1.69. The second-order valence-corrected chi connectivity index (χ2v) is 5.31. The molecule has 0 bridgehead atoms. The van der Waals surface area contributed by atoms with Gasteiger partial charge in [-0.2, -0.15) is 0 Å². The number of benzene rings is 2.